The maximum absolute atomic E-state index is 10.2. The van der Waals surface area contributed by atoms with Gasteiger partial charge in [-0.1, -0.05) is 68.4 Å². The summed E-state index contributed by atoms with van der Waals surface area (Å²) in [4.78, 5) is 0. The normalized spacial score (nSPS) is 43.6. The summed E-state index contributed by atoms with van der Waals surface area (Å²) in [5.41, 5.74) is 5.13. The minimum absolute atomic E-state index is 0.116. The molecule has 154 valence electrons. The van der Waals surface area contributed by atoms with E-state index in [9.17, 15) is 5.11 Å². The van der Waals surface area contributed by atoms with Crippen LogP contribution in [0.15, 0.2) is 47.6 Å². The molecule has 7 unspecified atom stereocenters. The Morgan fingerprint density at radius 1 is 1.29 bits per heavy atom. The number of rotatable bonds is 4. The molecule has 0 amide bonds. The van der Waals surface area contributed by atoms with E-state index >= 15 is 0 Å². The summed E-state index contributed by atoms with van der Waals surface area (Å²) in [6.07, 6.45) is 19.1. The molecule has 0 saturated heterocycles. The van der Waals surface area contributed by atoms with Crippen molar-refractivity contribution in [3.63, 3.8) is 0 Å². The van der Waals surface area contributed by atoms with Gasteiger partial charge in [0, 0.05) is 5.41 Å². The van der Waals surface area contributed by atoms with E-state index in [-0.39, 0.29) is 11.5 Å². The van der Waals surface area contributed by atoms with Gasteiger partial charge >= 0.3 is 0 Å². The van der Waals surface area contributed by atoms with Gasteiger partial charge in [0.05, 0.1) is 6.10 Å². The predicted molar refractivity (Wildman–Crippen MR) is 119 cm³/mol. The van der Waals surface area contributed by atoms with Gasteiger partial charge in [-0.15, -0.1) is 0 Å². The predicted octanol–water partition coefficient (Wildman–Crippen LogP) is 7.00. The average Bonchev–Trinajstić information content (AvgIpc) is 2.99. The molecule has 4 aliphatic rings. The topological polar surface area (TPSA) is 20.2 Å². The molecule has 0 aliphatic heterocycles. The zero-order chi connectivity index (χ0) is 20.1. The molecule has 1 N–H and O–H groups in total. The lowest BCUT2D eigenvalue weighted by Gasteiger charge is -2.54. The molecule has 1 nitrogen and oxygen atoms in total. The van der Waals surface area contributed by atoms with Crippen LogP contribution in [0.25, 0.3) is 0 Å². The number of hydrogen-bond donors (Lipinski definition) is 1. The van der Waals surface area contributed by atoms with Crippen LogP contribution in [0, 0.1) is 34.5 Å². The second-order valence-electron chi connectivity index (χ2n) is 10.9. The summed E-state index contributed by atoms with van der Waals surface area (Å²) in [7, 11) is 0. The molecule has 0 aromatic rings. The number of hydrogen-bond acceptors (Lipinski definition) is 1. The van der Waals surface area contributed by atoms with Crippen molar-refractivity contribution in [2.45, 2.75) is 85.2 Å². The number of allylic oxidation sites excluding steroid dienone is 6. The van der Waals surface area contributed by atoms with Gasteiger partial charge in [0.25, 0.3) is 0 Å². The van der Waals surface area contributed by atoms with Crippen molar-refractivity contribution in [2.24, 2.45) is 34.5 Å². The lowest BCUT2D eigenvalue weighted by Crippen LogP contribution is -2.45. The van der Waals surface area contributed by atoms with E-state index in [1.54, 1.807) is 5.57 Å². The first kappa shape index (κ1) is 20.2. The highest BCUT2D eigenvalue weighted by Crippen LogP contribution is 2.65. The van der Waals surface area contributed by atoms with Gasteiger partial charge in [0.2, 0.25) is 0 Å². The van der Waals surface area contributed by atoms with E-state index in [1.165, 1.54) is 37.7 Å². The van der Waals surface area contributed by atoms with Gasteiger partial charge in [0.1, 0.15) is 0 Å². The lowest BCUT2D eigenvalue weighted by molar-refractivity contribution is 0.0599. The van der Waals surface area contributed by atoms with Crippen molar-refractivity contribution in [3.05, 3.63) is 47.6 Å². The van der Waals surface area contributed by atoms with Crippen molar-refractivity contribution >= 4 is 0 Å². The van der Waals surface area contributed by atoms with Gasteiger partial charge in [-0.25, -0.2) is 0 Å². The van der Waals surface area contributed by atoms with Gasteiger partial charge in [-0.05, 0) is 87.4 Å². The third kappa shape index (κ3) is 3.18. The quantitative estimate of drug-likeness (QED) is 0.411. The summed E-state index contributed by atoms with van der Waals surface area (Å²) < 4.78 is 0. The van der Waals surface area contributed by atoms with Gasteiger partial charge < -0.3 is 5.11 Å². The number of fused-ring (bicyclic) bond motifs is 5. The van der Waals surface area contributed by atoms with Crippen LogP contribution in [0.4, 0.5) is 0 Å². The molecular formula is C27H40O. The van der Waals surface area contributed by atoms with E-state index in [1.807, 2.05) is 0 Å². The van der Waals surface area contributed by atoms with Crippen molar-refractivity contribution in [1.29, 1.82) is 0 Å². The molecule has 0 spiro atoms. The first-order valence-corrected chi connectivity index (χ1v) is 11.7. The lowest BCUT2D eigenvalue weighted by atomic mass is 9.51. The van der Waals surface area contributed by atoms with E-state index in [0.29, 0.717) is 5.41 Å². The SMILES string of the molecule is C=C(C)/C=C/CC(C)C1CCC2C3CC=C4CC(O)CCC4(C)C3=CCC12C. The molecule has 0 heterocycles. The van der Waals surface area contributed by atoms with Crippen molar-refractivity contribution in [3.8, 4) is 0 Å². The molecule has 4 aliphatic carbocycles. The Labute approximate surface area is 172 Å². The van der Waals surface area contributed by atoms with Gasteiger partial charge in [0.15, 0.2) is 0 Å². The molecule has 0 aromatic heterocycles. The minimum atomic E-state index is -0.116. The Balaban J connectivity index is 1.57. The zero-order valence-electron chi connectivity index (χ0n) is 18.5. The van der Waals surface area contributed by atoms with E-state index in [4.69, 9.17) is 0 Å². The Kier molecular flexibility index (Phi) is 5.28. The van der Waals surface area contributed by atoms with Crippen LogP contribution in [0.2, 0.25) is 0 Å². The molecule has 28 heavy (non-hydrogen) atoms. The zero-order valence-corrected chi connectivity index (χ0v) is 18.5. The molecule has 0 radical (unpaired) electrons. The van der Waals surface area contributed by atoms with Crippen LogP contribution >= 0.6 is 0 Å². The van der Waals surface area contributed by atoms with Crippen LogP contribution in [0.5, 0.6) is 0 Å². The van der Waals surface area contributed by atoms with Crippen molar-refractivity contribution < 1.29 is 5.11 Å². The fourth-order valence-electron chi connectivity index (χ4n) is 7.57. The standard InChI is InChI=1S/C27H40O/c1-18(2)7-6-8-19(3)23-11-12-24-22-10-9-20-17-21(28)13-15-26(20,4)25(22)14-16-27(23,24)5/h6-7,9,14,19,21-24,28H,1,8,10-13,15-17H2,2-5H3/b7-6+. The van der Waals surface area contributed by atoms with Gasteiger partial charge in [-0.2, -0.15) is 0 Å². The summed E-state index contributed by atoms with van der Waals surface area (Å²) >= 11 is 0. The summed E-state index contributed by atoms with van der Waals surface area (Å²) in [5, 5.41) is 10.2. The Hall–Kier alpha value is -1.08. The molecule has 7 atom stereocenters. The van der Waals surface area contributed by atoms with Crippen LogP contribution < -0.4 is 0 Å². The second kappa shape index (κ2) is 7.31. The van der Waals surface area contributed by atoms with Gasteiger partial charge in [-0.3, -0.25) is 0 Å². The highest BCUT2D eigenvalue weighted by molar-refractivity contribution is 5.39. The second-order valence-corrected chi connectivity index (χ2v) is 10.9. The Morgan fingerprint density at radius 2 is 2.07 bits per heavy atom. The molecule has 0 bridgehead atoms. The molecule has 0 aromatic carbocycles. The molecule has 1 heteroatoms. The van der Waals surface area contributed by atoms with Crippen LogP contribution in [0.3, 0.4) is 0 Å². The summed E-state index contributed by atoms with van der Waals surface area (Å²) in [5.74, 6) is 3.16. The summed E-state index contributed by atoms with van der Waals surface area (Å²) in [6, 6.07) is 0. The molecule has 2 saturated carbocycles. The van der Waals surface area contributed by atoms with E-state index in [0.717, 1.165) is 48.5 Å². The van der Waals surface area contributed by atoms with E-state index in [2.05, 4.69) is 58.6 Å². The Bertz CT molecular complexity index is 725. The van der Waals surface area contributed by atoms with Crippen LogP contribution in [-0.4, -0.2) is 11.2 Å². The molecule has 2 fully saturated rings. The first-order chi connectivity index (χ1) is 13.3. The fraction of sp³-hybridized carbons (Fsp3) is 0.704. The smallest absolute Gasteiger partial charge is 0.0578 e. The molecular weight excluding hydrogens is 340 g/mol. The maximum Gasteiger partial charge on any atom is 0.0578 e. The van der Waals surface area contributed by atoms with Crippen molar-refractivity contribution in [1.82, 2.24) is 0 Å². The Morgan fingerprint density at radius 3 is 2.82 bits per heavy atom. The average molecular weight is 381 g/mol. The third-order valence-corrected chi connectivity index (χ3v) is 9.12. The summed E-state index contributed by atoms with van der Waals surface area (Å²) in [6.45, 7) is 13.6. The highest BCUT2D eigenvalue weighted by atomic mass is 16.3. The monoisotopic (exact) mass is 380 g/mol. The minimum Gasteiger partial charge on any atom is -0.393 e. The van der Waals surface area contributed by atoms with E-state index < -0.39 is 0 Å². The fourth-order valence-corrected chi connectivity index (χ4v) is 7.57. The molecule has 4 rings (SSSR count). The highest BCUT2D eigenvalue weighted by Gasteiger charge is 2.56. The van der Waals surface area contributed by atoms with Crippen LogP contribution in [0.1, 0.15) is 79.1 Å². The van der Waals surface area contributed by atoms with Crippen LogP contribution in [-0.2, 0) is 0 Å². The first-order valence-electron chi connectivity index (χ1n) is 11.7. The largest absolute Gasteiger partial charge is 0.393 e. The number of aliphatic hydroxyl groups excluding tert-OH is 1. The number of aliphatic hydroxyl groups is 1. The van der Waals surface area contributed by atoms with Crippen molar-refractivity contribution in [2.75, 3.05) is 0 Å². The maximum atomic E-state index is 10.2. The third-order valence-electron chi connectivity index (χ3n) is 9.12.